The normalized spacial score (nSPS) is 24.8. The van der Waals surface area contributed by atoms with Gasteiger partial charge in [0, 0.05) is 55.8 Å². The molecule has 0 amide bonds. The highest BCUT2D eigenvalue weighted by molar-refractivity contribution is 14.0. The van der Waals surface area contributed by atoms with Crippen LogP contribution in [0.4, 0.5) is 0 Å². The van der Waals surface area contributed by atoms with Crippen LogP contribution in [0.3, 0.4) is 0 Å². The van der Waals surface area contributed by atoms with E-state index in [2.05, 4.69) is 60.7 Å². The molecule has 162 valence electrons. The van der Waals surface area contributed by atoms with E-state index in [9.17, 15) is 0 Å². The van der Waals surface area contributed by atoms with Crippen LogP contribution in [0.15, 0.2) is 33.7 Å². The van der Waals surface area contributed by atoms with Gasteiger partial charge in [-0.1, -0.05) is 28.1 Å². The Morgan fingerprint density at radius 3 is 2.69 bits per heavy atom. The molecule has 0 radical (unpaired) electrons. The first-order valence-corrected chi connectivity index (χ1v) is 11.5. The van der Waals surface area contributed by atoms with Crippen LogP contribution >= 0.6 is 39.9 Å². The van der Waals surface area contributed by atoms with E-state index in [1.165, 1.54) is 57.3 Å². The standard InChI is InChI=1S/C22H33BrN4O.HI/c1-24-21(25-16-22(8-9-22)18-3-2-4-19(23)13-18)26-20-5-10-27(11-6-20)14-17-7-12-28-15-17;/h2-4,13,17,20H,5-12,14-16H2,1H3,(H2,24,25,26);1H. The summed E-state index contributed by atoms with van der Waals surface area (Å²) in [5.41, 5.74) is 1.70. The van der Waals surface area contributed by atoms with Crippen LogP contribution in [0.2, 0.25) is 0 Å². The van der Waals surface area contributed by atoms with Crippen LogP contribution in [-0.2, 0) is 10.2 Å². The van der Waals surface area contributed by atoms with Crippen molar-refractivity contribution in [2.75, 3.05) is 46.4 Å². The molecule has 1 aromatic carbocycles. The van der Waals surface area contributed by atoms with E-state index >= 15 is 0 Å². The summed E-state index contributed by atoms with van der Waals surface area (Å²) in [6.07, 6.45) is 6.10. The lowest BCUT2D eigenvalue weighted by molar-refractivity contribution is 0.150. The van der Waals surface area contributed by atoms with Gasteiger partial charge >= 0.3 is 0 Å². The van der Waals surface area contributed by atoms with Crippen molar-refractivity contribution in [1.82, 2.24) is 15.5 Å². The molecule has 2 aliphatic heterocycles. The van der Waals surface area contributed by atoms with Crippen molar-refractivity contribution in [2.45, 2.75) is 43.6 Å². The first-order valence-electron chi connectivity index (χ1n) is 10.7. The third-order valence-corrected chi connectivity index (χ3v) is 7.07. The monoisotopic (exact) mass is 576 g/mol. The van der Waals surface area contributed by atoms with Gasteiger partial charge in [-0.05, 0) is 55.7 Å². The second kappa shape index (κ2) is 10.8. The van der Waals surface area contributed by atoms with Gasteiger partial charge in [0.25, 0.3) is 0 Å². The van der Waals surface area contributed by atoms with Crippen molar-refractivity contribution in [3.63, 3.8) is 0 Å². The number of likely N-dealkylation sites (tertiary alicyclic amines) is 1. The highest BCUT2D eigenvalue weighted by Crippen LogP contribution is 2.48. The minimum Gasteiger partial charge on any atom is -0.381 e. The highest BCUT2D eigenvalue weighted by Gasteiger charge is 2.44. The van der Waals surface area contributed by atoms with Crippen molar-refractivity contribution in [3.8, 4) is 0 Å². The van der Waals surface area contributed by atoms with Crippen LogP contribution < -0.4 is 10.6 Å². The Kier molecular flexibility index (Phi) is 8.65. The molecule has 0 spiro atoms. The lowest BCUT2D eigenvalue weighted by Crippen LogP contribution is -2.50. The van der Waals surface area contributed by atoms with Gasteiger partial charge in [0.15, 0.2) is 5.96 Å². The molecule has 2 saturated heterocycles. The maximum atomic E-state index is 5.52. The Balaban J connectivity index is 0.00000240. The van der Waals surface area contributed by atoms with Crippen molar-refractivity contribution < 1.29 is 4.74 Å². The molecule has 1 atom stereocenters. The number of nitrogens with one attached hydrogen (secondary N) is 2. The molecule has 1 saturated carbocycles. The third kappa shape index (κ3) is 6.31. The van der Waals surface area contributed by atoms with Gasteiger partial charge in [-0.2, -0.15) is 0 Å². The fraction of sp³-hybridized carbons (Fsp3) is 0.682. The molecule has 7 heteroatoms. The number of nitrogens with zero attached hydrogens (tertiary/aromatic N) is 2. The van der Waals surface area contributed by atoms with Gasteiger partial charge in [-0.25, -0.2) is 0 Å². The Morgan fingerprint density at radius 2 is 2.07 bits per heavy atom. The molecule has 29 heavy (non-hydrogen) atoms. The molecular weight excluding hydrogens is 543 g/mol. The van der Waals surface area contributed by atoms with Crippen molar-refractivity contribution >= 4 is 45.9 Å². The first kappa shape index (κ1) is 23.3. The largest absolute Gasteiger partial charge is 0.381 e. The van der Waals surface area contributed by atoms with E-state index in [1.807, 2.05) is 7.05 Å². The minimum absolute atomic E-state index is 0. The van der Waals surface area contributed by atoms with Crippen LogP contribution in [0.25, 0.3) is 0 Å². The highest BCUT2D eigenvalue weighted by atomic mass is 127. The second-order valence-electron chi connectivity index (χ2n) is 8.67. The van der Waals surface area contributed by atoms with Gasteiger partial charge in [0.05, 0.1) is 6.61 Å². The van der Waals surface area contributed by atoms with Crippen molar-refractivity contribution in [2.24, 2.45) is 10.9 Å². The summed E-state index contributed by atoms with van der Waals surface area (Å²) < 4.78 is 6.68. The van der Waals surface area contributed by atoms with Crippen LogP contribution in [0.1, 0.15) is 37.7 Å². The number of halogens is 2. The van der Waals surface area contributed by atoms with E-state index in [-0.39, 0.29) is 29.4 Å². The molecule has 1 aromatic rings. The minimum atomic E-state index is 0. The van der Waals surface area contributed by atoms with Crippen LogP contribution in [0.5, 0.6) is 0 Å². The summed E-state index contributed by atoms with van der Waals surface area (Å²) in [5.74, 6) is 1.69. The number of guanidine groups is 1. The summed E-state index contributed by atoms with van der Waals surface area (Å²) in [7, 11) is 1.88. The fourth-order valence-electron chi connectivity index (χ4n) is 4.53. The number of aliphatic imine (C=N–C) groups is 1. The SMILES string of the molecule is CN=C(NCC1(c2cccc(Br)c2)CC1)NC1CCN(CC2CCOC2)CC1.I. The predicted molar refractivity (Wildman–Crippen MR) is 133 cm³/mol. The summed E-state index contributed by atoms with van der Waals surface area (Å²) in [6.45, 7) is 6.40. The van der Waals surface area contributed by atoms with E-state index in [1.54, 1.807) is 0 Å². The van der Waals surface area contributed by atoms with Gasteiger partial charge in [-0.3, -0.25) is 4.99 Å². The summed E-state index contributed by atoms with van der Waals surface area (Å²) in [6, 6.07) is 9.26. The average molecular weight is 577 g/mol. The van der Waals surface area contributed by atoms with Gasteiger partial charge in [0.2, 0.25) is 0 Å². The van der Waals surface area contributed by atoms with Crippen LogP contribution in [-0.4, -0.2) is 63.3 Å². The molecule has 0 aromatic heterocycles. The van der Waals surface area contributed by atoms with Gasteiger partial charge in [-0.15, -0.1) is 24.0 Å². The predicted octanol–water partition coefficient (Wildman–Crippen LogP) is 3.76. The maximum Gasteiger partial charge on any atom is 0.191 e. The zero-order valence-corrected chi connectivity index (χ0v) is 21.2. The third-order valence-electron chi connectivity index (χ3n) is 6.58. The summed E-state index contributed by atoms with van der Waals surface area (Å²) >= 11 is 3.61. The number of ether oxygens (including phenoxy) is 1. The fourth-order valence-corrected chi connectivity index (χ4v) is 4.93. The number of hydrogen-bond acceptors (Lipinski definition) is 3. The number of benzene rings is 1. The topological polar surface area (TPSA) is 48.9 Å². The molecule has 1 aliphatic carbocycles. The smallest absolute Gasteiger partial charge is 0.191 e. The molecule has 3 fully saturated rings. The molecule has 2 N–H and O–H groups in total. The Labute approximate surface area is 200 Å². The number of hydrogen-bond donors (Lipinski definition) is 2. The van der Waals surface area contributed by atoms with Gasteiger partial charge in [0.1, 0.15) is 0 Å². The first-order chi connectivity index (χ1) is 13.7. The number of piperidine rings is 1. The van der Waals surface area contributed by atoms with Gasteiger partial charge < -0.3 is 20.3 Å². The molecule has 1 unspecified atom stereocenters. The average Bonchev–Trinajstić information content (AvgIpc) is 3.34. The van der Waals surface area contributed by atoms with E-state index in [4.69, 9.17) is 4.74 Å². The second-order valence-corrected chi connectivity index (χ2v) is 9.58. The summed E-state index contributed by atoms with van der Waals surface area (Å²) in [5, 5.41) is 7.26. The summed E-state index contributed by atoms with van der Waals surface area (Å²) in [4.78, 5) is 7.09. The van der Waals surface area contributed by atoms with Crippen molar-refractivity contribution in [3.05, 3.63) is 34.3 Å². The van der Waals surface area contributed by atoms with Crippen molar-refractivity contribution in [1.29, 1.82) is 0 Å². The van der Waals surface area contributed by atoms with E-state index in [0.717, 1.165) is 36.1 Å². The Hall–Kier alpha value is -0.380. The number of rotatable bonds is 6. The molecule has 4 rings (SSSR count). The Morgan fingerprint density at radius 1 is 1.28 bits per heavy atom. The quantitative estimate of drug-likeness (QED) is 0.308. The molecule has 2 heterocycles. The van der Waals surface area contributed by atoms with E-state index < -0.39 is 0 Å². The molecular formula is C22H34BrIN4O. The molecule has 0 bridgehead atoms. The molecule has 3 aliphatic rings. The van der Waals surface area contributed by atoms with E-state index in [0.29, 0.717) is 6.04 Å². The maximum absolute atomic E-state index is 5.52. The lowest BCUT2D eigenvalue weighted by Gasteiger charge is -2.34. The Bertz CT molecular complexity index is 683. The lowest BCUT2D eigenvalue weighted by atomic mass is 9.96. The molecule has 5 nitrogen and oxygen atoms in total. The zero-order chi connectivity index (χ0) is 19.4. The van der Waals surface area contributed by atoms with Crippen LogP contribution in [0, 0.1) is 5.92 Å². The zero-order valence-electron chi connectivity index (χ0n) is 17.3.